The topological polar surface area (TPSA) is 50.2 Å². The van der Waals surface area contributed by atoms with E-state index in [0.717, 1.165) is 43.6 Å². The van der Waals surface area contributed by atoms with Crippen molar-refractivity contribution >= 4 is 11.5 Å². The van der Waals surface area contributed by atoms with Gasteiger partial charge in [0.25, 0.3) is 0 Å². The molecule has 1 saturated carbocycles. The highest BCUT2D eigenvalue weighted by molar-refractivity contribution is 5.78. The SMILES string of the molecule is O=C(CN1CC=C(c2cnn(-c3ccc(F)cc3)c2)CC1)NC1CCCCC1. The van der Waals surface area contributed by atoms with E-state index < -0.39 is 0 Å². The molecule has 0 radical (unpaired) electrons. The van der Waals surface area contributed by atoms with Crippen LogP contribution in [-0.2, 0) is 4.79 Å². The molecule has 0 spiro atoms. The molecule has 1 N–H and O–H groups in total. The van der Waals surface area contributed by atoms with Crippen molar-refractivity contribution in [1.29, 1.82) is 0 Å². The molecule has 0 atom stereocenters. The maximum Gasteiger partial charge on any atom is 0.234 e. The summed E-state index contributed by atoms with van der Waals surface area (Å²) >= 11 is 0. The third kappa shape index (κ3) is 4.68. The fraction of sp³-hybridized carbons (Fsp3) is 0.455. The molecule has 1 aromatic carbocycles. The standard InChI is InChI=1S/C22H27FN4O/c23-19-6-8-21(9-7-19)27-15-18(14-24-27)17-10-12-26(13-11-17)16-22(28)25-20-4-2-1-3-5-20/h6-10,14-15,20H,1-5,11-13,16H2,(H,25,28). The van der Waals surface area contributed by atoms with Gasteiger partial charge in [-0.05, 0) is 49.1 Å². The quantitative estimate of drug-likeness (QED) is 0.860. The van der Waals surface area contributed by atoms with Crippen LogP contribution in [0.2, 0.25) is 0 Å². The van der Waals surface area contributed by atoms with Crippen molar-refractivity contribution < 1.29 is 9.18 Å². The second-order valence-corrected chi connectivity index (χ2v) is 7.77. The monoisotopic (exact) mass is 382 g/mol. The van der Waals surface area contributed by atoms with Crippen molar-refractivity contribution in [2.24, 2.45) is 0 Å². The van der Waals surface area contributed by atoms with Gasteiger partial charge in [-0.15, -0.1) is 0 Å². The Morgan fingerprint density at radius 3 is 2.68 bits per heavy atom. The van der Waals surface area contributed by atoms with Gasteiger partial charge in [-0.3, -0.25) is 9.69 Å². The molecule has 0 bridgehead atoms. The van der Waals surface area contributed by atoms with E-state index in [1.54, 1.807) is 16.8 Å². The second-order valence-electron chi connectivity index (χ2n) is 7.77. The predicted octanol–water partition coefficient (Wildman–Crippen LogP) is 3.55. The summed E-state index contributed by atoms with van der Waals surface area (Å²) in [7, 11) is 0. The predicted molar refractivity (Wildman–Crippen MR) is 108 cm³/mol. The first kappa shape index (κ1) is 18.9. The molecule has 1 aromatic heterocycles. The normalized spacial score (nSPS) is 18.7. The van der Waals surface area contributed by atoms with Gasteiger partial charge in [0.15, 0.2) is 0 Å². The van der Waals surface area contributed by atoms with Crippen LogP contribution in [0.4, 0.5) is 4.39 Å². The Labute approximate surface area is 165 Å². The molecule has 148 valence electrons. The summed E-state index contributed by atoms with van der Waals surface area (Å²) < 4.78 is 14.8. The molecule has 1 aliphatic carbocycles. The fourth-order valence-electron chi connectivity index (χ4n) is 4.06. The minimum Gasteiger partial charge on any atom is -0.352 e. The summed E-state index contributed by atoms with van der Waals surface area (Å²) in [6.07, 6.45) is 12.9. The smallest absolute Gasteiger partial charge is 0.234 e. The third-order valence-electron chi connectivity index (χ3n) is 5.68. The van der Waals surface area contributed by atoms with Crippen molar-refractivity contribution in [3.8, 4) is 5.69 Å². The molecular weight excluding hydrogens is 355 g/mol. The van der Waals surface area contributed by atoms with Gasteiger partial charge < -0.3 is 5.32 Å². The van der Waals surface area contributed by atoms with Gasteiger partial charge in [0.2, 0.25) is 5.91 Å². The Bertz CT molecular complexity index is 836. The largest absolute Gasteiger partial charge is 0.352 e. The van der Waals surface area contributed by atoms with Gasteiger partial charge in [0.05, 0.1) is 18.4 Å². The van der Waals surface area contributed by atoms with E-state index in [9.17, 15) is 9.18 Å². The number of rotatable bonds is 5. The lowest BCUT2D eigenvalue weighted by molar-refractivity contribution is -0.123. The molecule has 2 heterocycles. The van der Waals surface area contributed by atoms with Crippen molar-refractivity contribution in [3.05, 3.63) is 54.1 Å². The molecule has 0 saturated heterocycles. The zero-order valence-electron chi connectivity index (χ0n) is 16.1. The molecule has 1 aliphatic heterocycles. The molecule has 1 amide bonds. The molecule has 2 aliphatic rings. The van der Waals surface area contributed by atoms with E-state index >= 15 is 0 Å². The Kier molecular flexibility index (Phi) is 5.86. The van der Waals surface area contributed by atoms with Crippen molar-refractivity contribution in [2.45, 2.75) is 44.6 Å². The number of hydrogen-bond acceptors (Lipinski definition) is 3. The molecule has 1 fully saturated rings. The molecule has 5 nitrogen and oxygen atoms in total. The van der Waals surface area contributed by atoms with E-state index in [1.807, 2.05) is 12.4 Å². The maximum absolute atomic E-state index is 13.1. The zero-order chi connectivity index (χ0) is 19.3. The number of nitrogens with one attached hydrogen (secondary N) is 1. The summed E-state index contributed by atoms with van der Waals surface area (Å²) in [6.45, 7) is 2.11. The number of amides is 1. The molecule has 2 aromatic rings. The average Bonchev–Trinajstić information content (AvgIpc) is 3.20. The lowest BCUT2D eigenvalue weighted by Gasteiger charge is -2.27. The minimum atomic E-state index is -0.251. The Morgan fingerprint density at radius 2 is 1.96 bits per heavy atom. The molecule has 4 rings (SSSR count). The van der Waals surface area contributed by atoms with Crippen LogP contribution in [0.15, 0.2) is 42.7 Å². The highest BCUT2D eigenvalue weighted by atomic mass is 19.1. The number of aromatic nitrogens is 2. The molecule has 6 heteroatoms. The third-order valence-corrected chi connectivity index (χ3v) is 5.68. The minimum absolute atomic E-state index is 0.146. The highest BCUT2D eigenvalue weighted by Gasteiger charge is 2.20. The highest BCUT2D eigenvalue weighted by Crippen LogP contribution is 2.23. The van der Waals surface area contributed by atoms with Gasteiger partial charge in [-0.2, -0.15) is 5.10 Å². The zero-order valence-corrected chi connectivity index (χ0v) is 16.1. The Balaban J connectivity index is 1.31. The average molecular weight is 382 g/mol. The molecule has 28 heavy (non-hydrogen) atoms. The Morgan fingerprint density at radius 1 is 1.18 bits per heavy atom. The van der Waals surface area contributed by atoms with Crippen LogP contribution in [0, 0.1) is 5.82 Å². The number of benzene rings is 1. The first-order chi connectivity index (χ1) is 13.7. The van der Waals surface area contributed by atoms with E-state index in [1.165, 1.54) is 37.0 Å². The van der Waals surface area contributed by atoms with Crippen LogP contribution in [0.3, 0.4) is 0 Å². The number of carbonyl (C=O) groups excluding carboxylic acids is 1. The summed E-state index contributed by atoms with van der Waals surface area (Å²) in [5.41, 5.74) is 3.16. The van der Waals surface area contributed by atoms with E-state index in [0.29, 0.717) is 12.6 Å². The van der Waals surface area contributed by atoms with E-state index in [2.05, 4.69) is 21.4 Å². The number of hydrogen-bond donors (Lipinski definition) is 1. The number of carbonyl (C=O) groups is 1. The van der Waals surface area contributed by atoms with Crippen LogP contribution >= 0.6 is 0 Å². The van der Waals surface area contributed by atoms with Crippen LogP contribution < -0.4 is 5.32 Å². The number of nitrogens with zero attached hydrogens (tertiary/aromatic N) is 3. The Hall–Kier alpha value is -2.47. The number of halogens is 1. The van der Waals surface area contributed by atoms with E-state index in [-0.39, 0.29) is 11.7 Å². The maximum atomic E-state index is 13.1. The summed E-state index contributed by atoms with van der Waals surface area (Å²) in [6, 6.07) is 6.68. The first-order valence-electron chi connectivity index (χ1n) is 10.2. The first-order valence-corrected chi connectivity index (χ1v) is 10.2. The van der Waals surface area contributed by atoms with Crippen LogP contribution in [-0.4, -0.2) is 46.3 Å². The summed E-state index contributed by atoms with van der Waals surface area (Å²) in [5.74, 6) is -0.105. The van der Waals surface area contributed by atoms with Gasteiger partial charge in [-0.25, -0.2) is 9.07 Å². The second kappa shape index (κ2) is 8.69. The summed E-state index contributed by atoms with van der Waals surface area (Å²) in [5, 5.41) is 7.59. The summed E-state index contributed by atoms with van der Waals surface area (Å²) in [4.78, 5) is 14.5. The van der Waals surface area contributed by atoms with Gasteiger partial charge in [0, 0.05) is 30.9 Å². The van der Waals surface area contributed by atoms with E-state index in [4.69, 9.17) is 0 Å². The van der Waals surface area contributed by atoms with Crippen LogP contribution in [0.1, 0.15) is 44.1 Å². The van der Waals surface area contributed by atoms with Gasteiger partial charge >= 0.3 is 0 Å². The molecular formula is C22H27FN4O. The lowest BCUT2D eigenvalue weighted by atomic mass is 9.95. The van der Waals surface area contributed by atoms with Crippen molar-refractivity contribution in [3.63, 3.8) is 0 Å². The lowest BCUT2D eigenvalue weighted by Crippen LogP contribution is -2.43. The van der Waals surface area contributed by atoms with Gasteiger partial charge in [0.1, 0.15) is 5.82 Å². The van der Waals surface area contributed by atoms with Crippen LogP contribution in [0.25, 0.3) is 11.3 Å². The van der Waals surface area contributed by atoms with Crippen molar-refractivity contribution in [2.75, 3.05) is 19.6 Å². The fourth-order valence-corrected chi connectivity index (χ4v) is 4.06. The van der Waals surface area contributed by atoms with Gasteiger partial charge in [-0.1, -0.05) is 25.3 Å². The van der Waals surface area contributed by atoms with Crippen LogP contribution in [0.5, 0.6) is 0 Å². The van der Waals surface area contributed by atoms with Crippen molar-refractivity contribution in [1.82, 2.24) is 20.0 Å². The molecule has 0 unspecified atom stereocenters.